The van der Waals surface area contributed by atoms with Crippen LogP contribution in [0, 0.1) is 0 Å². The van der Waals surface area contributed by atoms with Crippen molar-refractivity contribution < 1.29 is 19.4 Å². The summed E-state index contributed by atoms with van der Waals surface area (Å²) in [6.45, 7) is 2.18. The summed E-state index contributed by atoms with van der Waals surface area (Å²) in [7, 11) is 0. The number of carboxylic acid groups (broad SMARTS) is 1. The number of unbranched alkanes of at least 4 members (excludes halogenated alkanes) is 3. The number of ether oxygens (including phenoxy) is 1. The van der Waals surface area contributed by atoms with Crippen LogP contribution in [0.25, 0.3) is 11.1 Å². The highest BCUT2D eigenvalue weighted by atomic mass is 35.5. The number of hydrogen-bond donors (Lipinski definition) is 1. The third-order valence-electron chi connectivity index (χ3n) is 6.88. The maximum absolute atomic E-state index is 12.3. The second-order valence-corrected chi connectivity index (χ2v) is 9.97. The lowest BCUT2D eigenvalue weighted by atomic mass is 9.99. The number of ketones is 1. The zero-order chi connectivity index (χ0) is 25.5. The van der Waals surface area contributed by atoms with Crippen LogP contribution >= 0.6 is 11.6 Å². The Bertz CT molecular complexity index is 1200. The summed E-state index contributed by atoms with van der Waals surface area (Å²) in [6.07, 6.45) is 6.52. The van der Waals surface area contributed by atoms with Gasteiger partial charge in [0.05, 0.1) is 0 Å². The molecule has 3 aromatic carbocycles. The Hall–Kier alpha value is -3.11. The highest BCUT2D eigenvalue weighted by Gasteiger charge is 2.25. The van der Waals surface area contributed by atoms with Gasteiger partial charge in [0.1, 0.15) is 5.75 Å². The van der Waals surface area contributed by atoms with Crippen LogP contribution in [-0.4, -0.2) is 23.0 Å². The molecule has 0 fully saturated rings. The Balaban J connectivity index is 1.45. The first-order valence-electron chi connectivity index (χ1n) is 12.9. The van der Waals surface area contributed by atoms with E-state index in [0.29, 0.717) is 35.6 Å². The number of halogens is 1. The highest BCUT2D eigenvalue weighted by Crippen LogP contribution is 2.32. The Labute approximate surface area is 218 Å². The number of benzene rings is 3. The molecular formula is C31H33ClO4. The van der Waals surface area contributed by atoms with Crippen molar-refractivity contribution in [1.82, 2.24) is 0 Å². The van der Waals surface area contributed by atoms with Crippen molar-refractivity contribution in [2.45, 2.75) is 70.8 Å². The van der Waals surface area contributed by atoms with E-state index in [9.17, 15) is 14.7 Å². The van der Waals surface area contributed by atoms with Crippen LogP contribution in [0.1, 0.15) is 72.5 Å². The van der Waals surface area contributed by atoms with Gasteiger partial charge < -0.3 is 9.84 Å². The van der Waals surface area contributed by atoms with E-state index in [1.165, 1.54) is 6.42 Å². The van der Waals surface area contributed by atoms with E-state index >= 15 is 0 Å². The maximum atomic E-state index is 12.3. The third-order valence-corrected chi connectivity index (χ3v) is 7.13. The van der Waals surface area contributed by atoms with Crippen molar-refractivity contribution >= 4 is 23.4 Å². The number of carbonyl (C=O) groups is 2. The van der Waals surface area contributed by atoms with E-state index in [4.69, 9.17) is 16.3 Å². The number of rotatable bonds is 12. The van der Waals surface area contributed by atoms with E-state index in [2.05, 4.69) is 13.0 Å². The topological polar surface area (TPSA) is 63.6 Å². The lowest BCUT2D eigenvalue weighted by Crippen LogP contribution is -2.28. The third kappa shape index (κ3) is 6.55. The summed E-state index contributed by atoms with van der Waals surface area (Å²) < 4.78 is 6.10. The SMILES string of the molecule is CCCCCCc1cc2c(cc1OC(CCc1ccc(-c3ccc(Cl)cc3)cc1)C(=O)O)C(=O)CC2. The normalized spacial score (nSPS) is 13.4. The molecule has 1 aliphatic carbocycles. The molecule has 1 aliphatic rings. The quantitative estimate of drug-likeness (QED) is 0.256. The number of hydrogen-bond acceptors (Lipinski definition) is 3. The molecule has 0 saturated heterocycles. The molecule has 0 saturated carbocycles. The molecule has 36 heavy (non-hydrogen) atoms. The predicted molar refractivity (Wildman–Crippen MR) is 144 cm³/mol. The van der Waals surface area contributed by atoms with E-state index in [1.54, 1.807) is 6.07 Å². The maximum Gasteiger partial charge on any atom is 0.344 e. The summed E-state index contributed by atoms with van der Waals surface area (Å²) in [6, 6.07) is 19.7. The molecule has 0 spiro atoms. The van der Waals surface area contributed by atoms with Crippen LogP contribution in [0.3, 0.4) is 0 Å². The fourth-order valence-electron chi connectivity index (χ4n) is 4.76. The number of carbonyl (C=O) groups excluding carboxylic acids is 1. The van der Waals surface area contributed by atoms with Gasteiger partial charge in [-0.15, -0.1) is 0 Å². The minimum absolute atomic E-state index is 0.111. The molecular weight excluding hydrogens is 472 g/mol. The smallest absolute Gasteiger partial charge is 0.344 e. The minimum atomic E-state index is -0.989. The van der Waals surface area contributed by atoms with E-state index < -0.39 is 12.1 Å². The van der Waals surface area contributed by atoms with E-state index in [1.807, 2.05) is 48.5 Å². The molecule has 5 heteroatoms. The average molecular weight is 505 g/mol. The molecule has 0 bridgehead atoms. The summed E-state index contributed by atoms with van der Waals surface area (Å²) in [5.74, 6) is -0.331. The fraction of sp³-hybridized carbons (Fsp3) is 0.355. The van der Waals surface area contributed by atoms with Gasteiger partial charge in [0.25, 0.3) is 0 Å². The summed E-state index contributed by atoms with van der Waals surface area (Å²) in [4.78, 5) is 24.4. The van der Waals surface area contributed by atoms with Gasteiger partial charge >= 0.3 is 5.97 Å². The van der Waals surface area contributed by atoms with Gasteiger partial charge in [0.2, 0.25) is 0 Å². The zero-order valence-corrected chi connectivity index (χ0v) is 21.5. The average Bonchev–Trinajstić information content (AvgIpc) is 3.24. The zero-order valence-electron chi connectivity index (χ0n) is 20.8. The van der Waals surface area contributed by atoms with E-state index in [-0.39, 0.29) is 5.78 Å². The summed E-state index contributed by atoms with van der Waals surface area (Å²) >= 11 is 5.98. The second-order valence-electron chi connectivity index (χ2n) is 9.54. The Morgan fingerprint density at radius 2 is 1.64 bits per heavy atom. The predicted octanol–water partition coefficient (Wildman–Crippen LogP) is 7.72. The molecule has 0 amide bonds. The van der Waals surface area contributed by atoms with Gasteiger partial charge in [-0.2, -0.15) is 0 Å². The Morgan fingerprint density at radius 1 is 0.944 bits per heavy atom. The molecule has 1 atom stereocenters. The first kappa shape index (κ1) is 26.0. The molecule has 0 heterocycles. The lowest BCUT2D eigenvalue weighted by molar-refractivity contribution is -0.145. The van der Waals surface area contributed by atoms with E-state index in [0.717, 1.165) is 59.9 Å². The molecule has 188 valence electrons. The van der Waals surface area contributed by atoms with Gasteiger partial charge in [-0.3, -0.25) is 4.79 Å². The number of aryl methyl sites for hydroxylation is 3. The molecule has 0 aliphatic heterocycles. The summed E-state index contributed by atoms with van der Waals surface area (Å²) in [5.41, 5.74) is 5.96. The van der Waals surface area contributed by atoms with Crippen LogP contribution in [0.4, 0.5) is 0 Å². The van der Waals surface area contributed by atoms with Crippen molar-refractivity contribution in [3.8, 4) is 16.9 Å². The van der Waals surface area contributed by atoms with Gasteiger partial charge in [-0.25, -0.2) is 4.79 Å². The van der Waals surface area contributed by atoms with Crippen LogP contribution in [-0.2, 0) is 24.1 Å². The molecule has 1 N–H and O–H groups in total. The number of carboxylic acids is 1. The highest BCUT2D eigenvalue weighted by molar-refractivity contribution is 6.30. The number of fused-ring (bicyclic) bond motifs is 1. The van der Waals surface area contributed by atoms with Crippen LogP contribution < -0.4 is 4.74 Å². The largest absolute Gasteiger partial charge is 0.479 e. The van der Waals surface area contributed by atoms with Gasteiger partial charge in [-0.05, 0) is 78.1 Å². The van der Waals surface area contributed by atoms with Gasteiger partial charge in [0.15, 0.2) is 11.9 Å². The van der Waals surface area contributed by atoms with Crippen molar-refractivity contribution in [3.05, 3.63) is 87.9 Å². The van der Waals surface area contributed by atoms with Crippen LogP contribution in [0.2, 0.25) is 5.02 Å². The first-order valence-corrected chi connectivity index (χ1v) is 13.3. The second kappa shape index (κ2) is 12.2. The molecule has 3 aromatic rings. The van der Waals surface area contributed by atoms with Crippen LogP contribution in [0.5, 0.6) is 5.75 Å². The van der Waals surface area contributed by atoms with Gasteiger partial charge in [-0.1, -0.05) is 80.3 Å². The molecule has 0 aromatic heterocycles. The minimum Gasteiger partial charge on any atom is -0.479 e. The number of Topliss-reactive ketones (excluding diaryl/α,β-unsaturated/α-hetero) is 1. The van der Waals surface area contributed by atoms with Crippen molar-refractivity contribution in [3.63, 3.8) is 0 Å². The Morgan fingerprint density at radius 3 is 2.31 bits per heavy atom. The van der Waals surface area contributed by atoms with Crippen molar-refractivity contribution in [1.29, 1.82) is 0 Å². The standard InChI is InChI=1S/C31H33ClO4/c1-2-3-4-5-6-25-19-24-14-17-28(33)27(24)20-30(25)36-29(31(34)35)18-9-21-7-10-22(11-8-21)23-12-15-26(32)16-13-23/h7-8,10-13,15-16,19-20,29H,2-6,9,14,17-18H2,1H3,(H,34,35). The van der Waals surface area contributed by atoms with Gasteiger partial charge in [0, 0.05) is 17.0 Å². The molecule has 4 nitrogen and oxygen atoms in total. The molecule has 4 rings (SSSR count). The monoisotopic (exact) mass is 504 g/mol. The summed E-state index contributed by atoms with van der Waals surface area (Å²) in [5, 5.41) is 10.6. The lowest BCUT2D eigenvalue weighted by Gasteiger charge is -2.19. The fourth-order valence-corrected chi connectivity index (χ4v) is 4.89. The van der Waals surface area contributed by atoms with Crippen LogP contribution in [0.15, 0.2) is 60.7 Å². The molecule has 1 unspecified atom stereocenters. The van der Waals surface area contributed by atoms with Crippen molar-refractivity contribution in [2.24, 2.45) is 0 Å². The number of aliphatic carboxylic acids is 1. The Kier molecular flexibility index (Phi) is 8.82. The first-order chi connectivity index (χ1) is 17.4. The molecule has 0 radical (unpaired) electrons. The van der Waals surface area contributed by atoms with Crippen molar-refractivity contribution in [2.75, 3.05) is 0 Å².